The first kappa shape index (κ1) is 11.8. The third-order valence-corrected chi connectivity index (χ3v) is 4.29. The molecule has 0 amide bonds. The highest BCUT2D eigenvalue weighted by Gasteiger charge is 2.08. The monoisotopic (exact) mass is 276 g/mol. The van der Waals surface area contributed by atoms with Gasteiger partial charge in [0.25, 0.3) is 0 Å². The van der Waals surface area contributed by atoms with Crippen LogP contribution in [-0.4, -0.2) is 4.55 Å². The summed E-state index contributed by atoms with van der Waals surface area (Å²) in [4.78, 5) is 0.873. The molecule has 1 nitrogen and oxygen atoms in total. The maximum atomic E-state index is 9.30. The van der Waals surface area contributed by atoms with Crippen LogP contribution < -0.4 is 0 Å². The highest BCUT2D eigenvalue weighted by atomic mass is 32.2. The quantitative estimate of drug-likeness (QED) is 0.355. The van der Waals surface area contributed by atoms with Crippen LogP contribution in [0.4, 0.5) is 0 Å². The number of hydrogen-bond donors (Lipinski definition) is 1. The smallest absolute Gasteiger partial charge is 0.0357 e. The lowest BCUT2D eigenvalue weighted by molar-refractivity contribution is 0.664. The first-order chi connectivity index (χ1) is 9.88. The molecule has 4 aromatic carbocycles. The highest BCUT2D eigenvalue weighted by Crippen LogP contribution is 2.36. The van der Waals surface area contributed by atoms with E-state index < -0.39 is 0 Å². The Bertz CT molecular complexity index is 908. The second-order valence-electron chi connectivity index (χ2n) is 4.89. The lowest BCUT2D eigenvalue weighted by Crippen LogP contribution is -1.83. The van der Waals surface area contributed by atoms with Crippen molar-refractivity contribution in [1.29, 1.82) is 0 Å². The van der Waals surface area contributed by atoms with E-state index in [2.05, 4.69) is 60.7 Å². The zero-order chi connectivity index (χ0) is 13.5. The van der Waals surface area contributed by atoms with Crippen molar-refractivity contribution in [2.24, 2.45) is 0 Å². The summed E-state index contributed by atoms with van der Waals surface area (Å²) >= 11 is 0.798. The van der Waals surface area contributed by atoms with E-state index in [9.17, 15) is 4.55 Å². The van der Waals surface area contributed by atoms with Crippen LogP contribution in [0.25, 0.3) is 32.3 Å². The van der Waals surface area contributed by atoms with Gasteiger partial charge in [-0.1, -0.05) is 54.6 Å². The number of rotatable bonds is 1. The first-order valence-electron chi connectivity index (χ1n) is 6.53. The minimum atomic E-state index is 0.798. The molecule has 0 heterocycles. The molecule has 0 bridgehead atoms. The van der Waals surface area contributed by atoms with Crippen LogP contribution in [0.1, 0.15) is 0 Å². The molecular weight excluding hydrogens is 264 g/mol. The molecular formula is C18H12OS. The van der Waals surface area contributed by atoms with Gasteiger partial charge in [-0.05, 0) is 44.5 Å². The van der Waals surface area contributed by atoms with Crippen molar-refractivity contribution in [3.8, 4) is 0 Å². The maximum absolute atomic E-state index is 9.30. The molecule has 1 N–H and O–H groups in total. The number of benzene rings is 4. The van der Waals surface area contributed by atoms with Crippen molar-refractivity contribution in [2.45, 2.75) is 4.90 Å². The molecule has 2 heteroatoms. The summed E-state index contributed by atoms with van der Waals surface area (Å²) in [6.07, 6.45) is 0. The summed E-state index contributed by atoms with van der Waals surface area (Å²) in [5, 5.41) is 7.46. The molecule has 4 aromatic rings. The van der Waals surface area contributed by atoms with Gasteiger partial charge < -0.3 is 4.55 Å². The minimum absolute atomic E-state index is 0.798. The zero-order valence-electron chi connectivity index (χ0n) is 10.7. The summed E-state index contributed by atoms with van der Waals surface area (Å²) in [6, 6.07) is 23.1. The molecule has 0 saturated heterocycles. The van der Waals surface area contributed by atoms with Crippen molar-refractivity contribution in [3.05, 3.63) is 66.7 Å². The third-order valence-electron chi connectivity index (χ3n) is 3.82. The second kappa shape index (κ2) is 4.51. The highest BCUT2D eigenvalue weighted by molar-refractivity contribution is 7.93. The van der Waals surface area contributed by atoms with Crippen LogP contribution in [0.2, 0.25) is 0 Å². The van der Waals surface area contributed by atoms with E-state index in [0.29, 0.717) is 0 Å². The normalized spacial score (nSPS) is 11.4. The van der Waals surface area contributed by atoms with E-state index in [4.69, 9.17) is 0 Å². The molecule has 0 saturated carbocycles. The van der Waals surface area contributed by atoms with Crippen LogP contribution in [0, 0.1) is 0 Å². The Morgan fingerprint density at radius 1 is 0.550 bits per heavy atom. The minimum Gasteiger partial charge on any atom is -0.325 e. The Hall–Kier alpha value is -2.03. The summed E-state index contributed by atoms with van der Waals surface area (Å²) in [5.41, 5.74) is 0. The molecule has 0 radical (unpaired) electrons. The van der Waals surface area contributed by atoms with Crippen LogP contribution >= 0.6 is 12.0 Å². The van der Waals surface area contributed by atoms with E-state index in [-0.39, 0.29) is 0 Å². The van der Waals surface area contributed by atoms with E-state index >= 15 is 0 Å². The molecule has 0 fully saturated rings. The van der Waals surface area contributed by atoms with Crippen LogP contribution in [0.5, 0.6) is 0 Å². The van der Waals surface area contributed by atoms with Gasteiger partial charge in [0, 0.05) is 16.9 Å². The van der Waals surface area contributed by atoms with Gasteiger partial charge in [-0.25, -0.2) is 0 Å². The van der Waals surface area contributed by atoms with E-state index in [0.717, 1.165) is 16.9 Å². The molecule has 96 valence electrons. The molecule has 0 spiro atoms. The summed E-state index contributed by atoms with van der Waals surface area (Å²) in [6.45, 7) is 0. The van der Waals surface area contributed by atoms with Crippen LogP contribution in [0.15, 0.2) is 71.6 Å². The molecule has 0 aromatic heterocycles. The Labute approximate surface area is 121 Å². The van der Waals surface area contributed by atoms with Crippen molar-refractivity contribution >= 4 is 44.4 Å². The standard InChI is InChI=1S/C18H12OS/c19-20-12-9-10-17-15-7-2-1-5-13(15)14-6-3-4-8-16(14)18(17)11-12/h1-11,19H. The van der Waals surface area contributed by atoms with Gasteiger partial charge in [0.2, 0.25) is 0 Å². The molecule has 4 rings (SSSR count). The number of hydrogen-bond acceptors (Lipinski definition) is 2. The van der Waals surface area contributed by atoms with Gasteiger partial charge in [-0.15, -0.1) is 0 Å². The Morgan fingerprint density at radius 2 is 1.00 bits per heavy atom. The number of fused-ring (bicyclic) bond motifs is 6. The molecule has 0 atom stereocenters. The fraction of sp³-hybridized carbons (Fsp3) is 0. The fourth-order valence-corrected chi connectivity index (χ4v) is 3.24. The fourth-order valence-electron chi connectivity index (χ4n) is 2.94. The van der Waals surface area contributed by atoms with Crippen molar-refractivity contribution in [1.82, 2.24) is 0 Å². The van der Waals surface area contributed by atoms with Crippen molar-refractivity contribution < 1.29 is 4.55 Å². The van der Waals surface area contributed by atoms with Gasteiger partial charge in [0.05, 0.1) is 0 Å². The summed E-state index contributed by atoms with van der Waals surface area (Å²) in [7, 11) is 0. The SMILES string of the molecule is OSc1ccc2c3ccccc3c3ccccc3c2c1. The van der Waals surface area contributed by atoms with Gasteiger partial charge in [0.1, 0.15) is 0 Å². The van der Waals surface area contributed by atoms with Gasteiger partial charge in [0.15, 0.2) is 0 Å². The zero-order valence-corrected chi connectivity index (χ0v) is 11.5. The lowest BCUT2D eigenvalue weighted by Gasteiger charge is -2.10. The molecule has 0 aliphatic rings. The molecule has 0 aliphatic carbocycles. The van der Waals surface area contributed by atoms with Gasteiger partial charge >= 0.3 is 0 Å². The summed E-state index contributed by atoms with van der Waals surface area (Å²) in [5.74, 6) is 0. The molecule has 0 aliphatic heterocycles. The van der Waals surface area contributed by atoms with Gasteiger partial charge in [-0.3, -0.25) is 0 Å². The summed E-state index contributed by atoms with van der Waals surface area (Å²) < 4.78 is 9.30. The first-order valence-corrected chi connectivity index (χ1v) is 7.30. The third kappa shape index (κ3) is 1.62. The van der Waals surface area contributed by atoms with E-state index in [1.54, 1.807) is 0 Å². The second-order valence-corrected chi connectivity index (χ2v) is 5.54. The average molecular weight is 276 g/mol. The Balaban J connectivity index is 2.35. The van der Waals surface area contributed by atoms with Crippen molar-refractivity contribution in [3.63, 3.8) is 0 Å². The van der Waals surface area contributed by atoms with E-state index in [1.165, 1.54) is 32.3 Å². The maximum Gasteiger partial charge on any atom is 0.0357 e. The van der Waals surface area contributed by atoms with E-state index in [1.807, 2.05) is 6.07 Å². The largest absolute Gasteiger partial charge is 0.325 e. The predicted octanol–water partition coefficient (Wildman–Crippen LogP) is 5.71. The van der Waals surface area contributed by atoms with Crippen LogP contribution in [0.3, 0.4) is 0 Å². The van der Waals surface area contributed by atoms with Crippen molar-refractivity contribution in [2.75, 3.05) is 0 Å². The van der Waals surface area contributed by atoms with Gasteiger partial charge in [-0.2, -0.15) is 0 Å². The molecule has 0 unspecified atom stereocenters. The Kier molecular flexibility index (Phi) is 2.66. The topological polar surface area (TPSA) is 20.2 Å². The average Bonchev–Trinajstić information content (AvgIpc) is 2.54. The molecule has 20 heavy (non-hydrogen) atoms. The lowest BCUT2D eigenvalue weighted by atomic mass is 9.94. The van der Waals surface area contributed by atoms with Crippen LogP contribution in [-0.2, 0) is 0 Å². The Morgan fingerprint density at radius 3 is 1.50 bits per heavy atom. The predicted molar refractivity (Wildman–Crippen MR) is 87.4 cm³/mol.